The molecule has 0 aliphatic heterocycles. The topological polar surface area (TPSA) is 67.2 Å². The highest BCUT2D eigenvalue weighted by Crippen LogP contribution is 2.37. The van der Waals surface area contributed by atoms with Crippen LogP contribution < -0.4 is 5.32 Å². The molecule has 0 aliphatic rings. The normalized spacial score (nSPS) is 12.3. The van der Waals surface area contributed by atoms with Gasteiger partial charge in [-0.15, -0.1) is 0 Å². The Labute approximate surface area is 150 Å². The zero-order valence-corrected chi connectivity index (χ0v) is 16.3. The summed E-state index contributed by atoms with van der Waals surface area (Å²) in [7, 11) is 1.88. The maximum absolute atomic E-state index is 11.5. The molecule has 2 aromatic rings. The molecule has 0 fully saturated rings. The molecule has 136 valence electrons. The lowest BCUT2D eigenvalue weighted by Gasteiger charge is -2.30. The number of nitrogens with zero attached hydrogens (tertiary/aromatic N) is 2. The van der Waals surface area contributed by atoms with Crippen LogP contribution in [0.15, 0.2) is 24.4 Å². The van der Waals surface area contributed by atoms with Gasteiger partial charge in [0.1, 0.15) is 0 Å². The van der Waals surface area contributed by atoms with Gasteiger partial charge in [0.05, 0.1) is 6.42 Å². The molecule has 0 atom stereocenters. The molecule has 0 aliphatic carbocycles. The molecule has 0 saturated heterocycles. The van der Waals surface area contributed by atoms with Crippen molar-refractivity contribution in [2.24, 2.45) is 7.05 Å². The van der Waals surface area contributed by atoms with Crippen LogP contribution in [0.2, 0.25) is 0 Å². The van der Waals surface area contributed by atoms with Crippen LogP contribution >= 0.6 is 0 Å². The zero-order chi connectivity index (χ0) is 19.0. The average molecular weight is 343 g/mol. The summed E-state index contributed by atoms with van der Waals surface area (Å²) in [5.41, 5.74) is 3.64. The van der Waals surface area contributed by atoms with E-state index in [0.29, 0.717) is 0 Å². The van der Waals surface area contributed by atoms with E-state index in [9.17, 15) is 9.90 Å². The Morgan fingerprint density at radius 3 is 2.00 bits per heavy atom. The predicted molar refractivity (Wildman–Crippen MR) is 102 cm³/mol. The van der Waals surface area contributed by atoms with Gasteiger partial charge in [-0.25, -0.2) is 0 Å². The van der Waals surface area contributed by atoms with Crippen LogP contribution in [0.5, 0.6) is 0 Å². The van der Waals surface area contributed by atoms with Gasteiger partial charge in [0.25, 0.3) is 0 Å². The Hall–Kier alpha value is -2.30. The van der Waals surface area contributed by atoms with Crippen molar-refractivity contribution in [2.75, 3.05) is 5.32 Å². The van der Waals surface area contributed by atoms with Crippen LogP contribution in [0.1, 0.15) is 58.2 Å². The molecular formula is C20H29N3O2. The molecule has 5 heteroatoms. The first-order valence-corrected chi connectivity index (χ1v) is 8.54. The van der Waals surface area contributed by atoms with E-state index in [1.54, 1.807) is 4.68 Å². The highest BCUT2D eigenvalue weighted by molar-refractivity contribution is 5.73. The number of nitrogens with one attached hydrogen (secondary N) is 1. The first-order valence-electron chi connectivity index (χ1n) is 8.54. The van der Waals surface area contributed by atoms with E-state index in [4.69, 9.17) is 0 Å². The molecule has 0 saturated carbocycles. The second kappa shape index (κ2) is 6.54. The lowest BCUT2D eigenvalue weighted by Crippen LogP contribution is -2.23. The smallest absolute Gasteiger partial charge is 0.307 e. The summed E-state index contributed by atoms with van der Waals surface area (Å²) in [6, 6.07) is 6.03. The van der Waals surface area contributed by atoms with E-state index in [0.717, 1.165) is 28.2 Å². The third-order valence-electron chi connectivity index (χ3n) is 4.18. The van der Waals surface area contributed by atoms with Gasteiger partial charge in [0.15, 0.2) is 5.82 Å². The van der Waals surface area contributed by atoms with Gasteiger partial charge in [-0.3, -0.25) is 9.48 Å². The van der Waals surface area contributed by atoms with Crippen LogP contribution in [-0.2, 0) is 29.1 Å². The quantitative estimate of drug-likeness (QED) is 0.864. The summed E-state index contributed by atoms with van der Waals surface area (Å²) in [4.78, 5) is 11.5. The molecule has 1 aromatic heterocycles. The van der Waals surface area contributed by atoms with Gasteiger partial charge in [0, 0.05) is 25.0 Å². The molecule has 1 heterocycles. The van der Waals surface area contributed by atoms with E-state index < -0.39 is 5.97 Å². The zero-order valence-electron chi connectivity index (χ0n) is 16.3. The number of carboxylic acid groups (broad SMARTS) is 1. The minimum absolute atomic E-state index is 0.0308. The van der Waals surface area contributed by atoms with Gasteiger partial charge < -0.3 is 10.4 Å². The molecule has 2 rings (SSSR count). The molecule has 5 nitrogen and oxygen atoms in total. The molecule has 0 amide bonds. The third-order valence-corrected chi connectivity index (χ3v) is 4.18. The molecule has 0 bridgehead atoms. The fourth-order valence-electron chi connectivity index (χ4n) is 3.05. The summed E-state index contributed by atoms with van der Waals surface area (Å²) in [6.07, 6.45) is 1.92. The Morgan fingerprint density at radius 2 is 1.64 bits per heavy atom. The molecular weight excluding hydrogens is 314 g/mol. The lowest BCUT2D eigenvalue weighted by molar-refractivity contribution is -0.136. The molecule has 0 radical (unpaired) electrons. The first kappa shape index (κ1) is 19.0. The van der Waals surface area contributed by atoms with Gasteiger partial charge in [-0.05, 0) is 39.7 Å². The van der Waals surface area contributed by atoms with E-state index in [-0.39, 0.29) is 17.3 Å². The number of carboxylic acids is 1. The highest BCUT2D eigenvalue weighted by atomic mass is 16.4. The van der Waals surface area contributed by atoms with Gasteiger partial charge in [0.2, 0.25) is 0 Å². The predicted octanol–water partition coefficient (Wildman–Crippen LogP) is 4.39. The first-order chi connectivity index (χ1) is 11.4. The largest absolute Gasteiger partial charge is 0.481 e. The summed E-state index contributed by atoms with van der Waals surface area (Å²) >= 11 is 0. The van der Waals surface area contributed by atoms with Gasteiger partial charge in [-0.2, -0.15) is 5.10 Å². The molecule has 25 heavy (non-hydrogen) atoms. The number of aromatic nitrogens is 2. The Balaban J connectivity index is 2.65. The second-order valence-corrected chi connectivity index (χ2v) is 8.62. The number of hydrogen-bond donors (Lipinski definition) is 2. The molecule has 0 unspecified atom stereocenters. The summed E-state index contributed by atoms with van der Waals surface area (Å²) in [5.74, 6) is -0.0327. The van der Waals surface area contributed by atoms with Gasteiger partial charge in [-0.1, -0.05) is 41.5 Å². The van der Waals surface area contributed by atoms with Crippen molar-refractivity contribution in [1.29, 1.82) is 0 Å². The van der Waals surface area contributed by atoms with Gasteiger partial charge >= 0.3 is 5.97 Å². The van der Waals surface area contributed by atoms with Crippen molar-refractivity contribution in [1.82, 2.24) is 9.78 Å². The lowest BCUT2D eigenvalue weighted by atomic mass is 9.75. The second-order valence-electron chi connectivity index (χ2n) is 8.62. The highest BCUT2D eigenvalue weighted by Gasteiger charge is 2.27. The van der Waals surface area contributed by atoms with E-state index in [1.807, 2.05) is 19.3 Å². The van der Waals surface area contributed by atoms with Crippen LogP contribution in [0.4, 0.5) is 11.5 Å². The number of hydrogen-bond acceptors (Lipinski definition) is 3. The van der Waals surface area contributed by atoms with Crippen molar-refractivity contribution in [2.45, 2.75) is 58.8 Å². The van der Waals surface area contributed by atoms with Crippen molar-refractivity contribution < 1.29 is 9.90 Å². The fraction of sp³-hybridized carbons (Fsp3) is 0.500. The summed E-state index contributed by atoms with van der Waals surface area (Å²) in [6.45, 7) is 12.7. The summed E-state index contributed by atoms with van der Waals surface area (Å²) in [5, 5.41) is 17.1. The minimum Gasteiger partial charge on any atom is -0.481 e. The maximum Gasteiger partial charge on any atom is 0.307 e. The number of anilines is 2. The average Bonchev–Trinajstić information content (AvgIpc) is 2.82. The van der Waals surface area contributed by atoms with Crippen LogP contribution in [0.25, 0.3) is 0 Å². The van der Waals surface area contributed by atoms with Crippen molar-refractivity contribution in [3.05, 3.63) is 41.1 Å². The standard InChI is InChI=1S/C20H29N3O2/c1-19(2,3)15-10-13(21-17-8-9-23(7)22-17)11-16(20(4,5)6)14(15)12-18(24)25/h8-11H,12H2,1-7H3,(H,21,22)(H,24,25). The van der Waals surface area contributed by atoms with Crippen molar-refractivity contribution in [3.8, 4) is 0 Å². The number of carbonyl (C=O) groups is 1. The van der Waals surface area contributed by atoms with E-state index in [1.165, 1.54) is 0 Å². The minimum atomic E-state index is -0.804. The van der Waals surface area contributed by atoms with E-state index in [2.05, 4.69) is 64.1 Å². The number of benzene rings is 1. The van der Waals surface area contributed by atoms with Crippen LogP contribution in [0.3, 0.4) is 0 Å². The summed E-state index contributed by atoms with van der Waals surface area (Å²) < 4.78 is 1.75. The van der Waals surface area contributed by atoms with Crippen LogP contribution in [-0.4, -0.2) is 20.9 Å². The maximum atomic E-state index is 11.5. The number of rotatable bonds is 4. The fourth-order valence-corrected chi connectivity index (χ4v) is 3.05. The number of aryl methyl sites for hydroxylation is 1. The Morgan fingerprint density at radius 1 is 1.12 bits per heavy atom. The van der Waals surface area contributed by atoms with E-state index >= 15 is 0 Å². The van der Waals surface area contributed by atoms with Crippen molar-refractivity contribution >= 4 is 17.5 Å². The number of aliphatic carboxylic acids is 1. The Kier molecular flexibility index (Phi) is 4.98. The molecule has 2 N–H and O–H groups in total. The monoisotopic (exact) mass is 343 g/mol. The van der Waals surface area contributed by atoms with Crippen molar-refractivity contribution in [3.63, 3.8) is 0 Å². The van der Waals surface area contributed by atoms with Crippen LogP contribution in [0, 0.1) is 0 Å². The SMILES string of the molecule is Cn1ccc(Nc2cc(C(C)(C)C)c(CC(=O)O)c(C(C)(C)C)c2)n1. The molecule has 1 aromatic carbocycles. The molecule has 0 spiro atoms. The third kappa shape index (κ3) is 4.62. The Bertz CT molecular complexity index is 742.